The molecule has 6 nitrogen and oxygen atoms in total. The second kappa shape index (κ2) is 8.12. The third kappa shape index (κ3) is 3.74. The summed E-state index contributed by atoms with van der Waals surface area (Å²) in [7, 11) is 3.11. The molecule has 2 aromatic rings. The molecule has 3 rings (SSSR count). The molecule has 0 N–H and O–H groups in total. The number of methoxy groups -OCH3 is 2. The molecule has 0 saturated heterocycles. The Bertz CT molecular complexity index is 850. The number of rotatable bonds is 6. The van der Waals surface area contributed by atoms with Gasteiger partial charge < -0.3 is 18.6 Å². The molecule has 1 heterocycles. The zero-order valence-corrected chi connectivity index (χ0v) is 15.6. The zero-order chi connectivity index (χ0) is 19.4. The van der Waals surface area contributed by atoms with Gasteiger partial charge in [-0.25, -0.2) is 0 Å². The monoisotopic (exact) mass is 370 g/mol. The van der Waals surface area contributed by atoms with Crippen LogP contribution in [0.5, 0.6) is 11.5 Å². The summed E-state index contributed by atoms with van der Waals surface area (Å²) in [5, 5.41) is 0. The van der Waals surface area contributed by atoms with E-state index in [1.54, 1.807) is 51.7 Å². The number of furan rings is 1. The topological polar surface area (TPSA) is 75.0 Å². The normalized spacial score (nSPS) is 19.4. The van der Waals surface area contributed by atoms with Crippen molar-refractivity contribution in [3.05, 3.63) is 54.0 Å². The lowest BCUT2D eigenvalue weighted by molar-refractivity contribution is -0.151. The number of allylic oxidation sites excluding steroid dienone is 2. The van der Waals surface area contributed by atoms with Crippen molar-refractivity contribution in [1.82, 2.24) is 0 Å². The maximum absolute atomic E-state index is 12.8. The Morgan fingerprint density at radius 3 is 2.67 bits per heavy atom. The van der Waals surface area contributed by atoms with Gasteiger partial charge in [0.15, 0.2) is 5.78 Å². The molecule has 2 atom stereocenters. The lowest BCUT2D eigenvalue weighted by Crippen LogP contribution is -2.34. The van der Waals surface area contributed by atoms with Crippen LogP contribution in [0.1, 0.15) is 30.6 Å². The SMILES string of the molecule is CCOC(=O)[C@H]1C(=O)C=C(c2ccco2)C[C@H]1c1ccc(OC)cc1OC. The minimum absolute atomic E-state index is 0.212. The first-order valence-corrected chi connectivity index (χ1v) is 8.75. The molecule has 0 spiro atoms. The average molecular weight is 370 g/mol. The first-order valence-electron chi connectivity index (χ1n) is 8.75. The fourth-order valence-electron chi connectivity index (χ4n) is 3.43. The van der Waals surface area contributed by atoms with Gasteiger partial charge in [-0.15, -0.1) is 0 Å². The van der Waals surface area contributed by atoms with E-state index in [0.29, 0.717) is 23.7 Å². The van der Waals surface area contributed by atoms with Crippen LogP contribution < -0.4 is 9.47 Å². The van der Waals surface area contributed by atoms with Gasteiger partial charge in [-0.05, 0) is 48.8 Å². The van der Waals surface area contributed by atoms with Gasteiger partial charge in [0.1, 0.15) is 23.2 Å². The van der Waals surface area contributed by atoms with Gasteiger partial charge in [0.2, 0.25) is 0 Å². The molecule has 0 amide bonds. The Hall–Kier alpha value is -3.02. The smallest absolute Gasteiger partial charge is 0.317 e. The van der Waals surface area contributed by atoms with Crippen molar-refractivity contribution in [2.24, 2.45) is 5.92 Å². The summed E-state index contributed by atoms with van der Waals surface area (Å²) in [6.07, 6.45) is 3.49. The maximum Gasteiger partial charge on any atom is 0.317 e. The third-order valence-corrected chi connectivity index (χ3v) is 4.68. The standard InChI is InChI=1S/C21H22O6/c1-4-26-21(23)20-16(15-8-7-14(24-2)12-19(15)25-3)10-13(11-17(20)22)18-6-5-9-27-18/h5-9,11-12,16,20H,4,10H2,1-3H3/t16-,20+/m0/s1. The van der Waals surface area contributed by atoms with Crippen LogP contribution in [-0.2, 0) is 14.3 Å². The molecule has 1 aromatic carbocycles. The summed E-state index contributed by atoms with van der Waals surface area (Å²) in [6, 6.07) is 8.92. The van der Waals surface area contributed by atoms with Gasteiger partial charge in [-0.3, -0.25) is 9.59 Å². The van der Waals surface area contributed by atoms with E-state index in [4.69, 9.17) is 18.6 Å². The molecule has 27 heavy (non-hydrogen) atoms. The van der Waals surface area contributed by atoms with Gasteiger partial charge in [-0.2, -0.15) is 0 Å². The van der Waals surface area contributed by atoms with Crippen molar-refractivity contribution < 1.29 is 28.2 Å². The summed E-state index contributed by atoms with van der Waals surface area (Å²) >= 11 is 0. The van der Waals surface area contributed by atoms with E-state index in [9.17, 15) is 9.59 Å². The van der Waals surface area contributed by atoms with Gasteiger partial charge in [0, 0.05) is 12.0 Å². The summed E-state index contributed by atoms with van der Waals surface area (Å²) in [5.41, 5.74) is 1.50. The average Bonchev–Trinajstić information content (AvgIpc) is 3.21. The van der Waals surface area contributed by atoms with E-state index in [1.165, 1.54) is 6.08 Å². The van der Waals surface area contributed by atoms with E-state index in [1.807, 2.05) is 6.07 Å². The highest BCUT2D eigenvalue weighted by molar-refractivity contribution is 6.10. The van der Waals surface area contributed by atoms with Crippen LogP contribution in [0.15, 0.2) is 47.1 Å². The van der Waals surface area contributed by atoms with Crippen LogP contribution in [0.2, 0.25) is 0 Å². The van der Waals surface area contributed by atoms with Crippen molar-refractivity contribution in [3.63, 3.8) is 0 Å². The second-order valence-corrected chi connectivity index (χ2v) is 6.20. The lowest BCUT2D eigenvalue weighted by atomic mass is 9.74. The quantitative estimate of drug-likeness (QED) is 0.571. The number of esters is 1. The lowest BCUT2D eigenvalue weighted by Gasteiger charge is -2.29. The molecule has 0 radical (unpaired) electrons. The zero-order valence-electron chi connectivity index (χ0n) is 15.6. The summed E-state index contributed by atoms with van der Waals surface area (Å²) in [4.78, 5) is 25.4. The predicted octanol–water partition coefficient (Wildman–Crippen LogP) is 3.62. The molecule has 0 fully saturated rings. The fourth-order valence-corrected chi connectivity index (χ4v) is 3.43. The predicted molar refractivity (Wildman–Crippen MR) is 98.7 cm³/mol. The highest BCUT2D eigenvalue weighted by Crippen LogP contribution is 2.44. The van der Waals surface area contributed by atoms with Crippen molar-refractivity contribution >= 4 is 17.3 Å². The van der Waals surface area contributed by atoms with Crippen molar-refractivity contribution in [2.45, 2.75) is 19.3 Å². The molecular formula is C21H22O6. The second-order valence-electron chi connectivity index (χ2n) is 6.20. The number of ether oxygens (including phenoxy) is 3. The highest BCUT2D eigenvalue weighted by atomic mass is 16.5. The number of carbonyl (C=O) groups excluding carboxylic acids is 2. The molecule has 6 heteroatoms. The molecule has 0 bridgehead atoms. The summed E-state index contributed by atoms with van der Waals surface area (Å²) < 4.78 is 21.4. The van der Waals surface area contributed by atoms with E-state index in [2.05, 4.69) is 0 Å². The minimum atomic E-state index is -0.925. The number of hydrogen-bond donors (Lipinski definition) is 0. The van der Waals surface area contributed by atoms with Crippen molar-refractivity contribution in [3.8, 4) is 11.5 Å². The van der Waals surface area contributed by atoms with Crippen molar-refractivity contribution in [1.29, 1.82) is 0 Å². The number of benzene rings is 1. The largest absolute Gasteiger partial charge is 0.497 e. The molecule has 0 unspecified atom stereocenters. The number of ketones is 1. The number of carbonyl (C=O) groups is 2. The van der Waals surface area contributed by atoms with E-state index in [-0.39, 0.29) is 12.4 Å². The molecule has 0 saturated carbocycles. The van der Waals surface area contributed by atoms with E-state index >= 15 is 0 Å². The molecule has 0 aliphatic heterocycles. The van der Waals surface area contributed by atoms with E-state index in [0.717, 1.165) is 11.1 Å². The first-order chi connectivity index (χ1) is 13.1. The highest BCUT2D eigenvalue weighted by Gasteiger charge is 2.41. The van der Waals surface area contributed by atoms with Crippen molar-refractivity contribution in [2.75, 3.05) is 20.8 Å². The van der Waals surface area contributed by atoms with Crippen LogP contribution >= 0.6 is 0 Å². The van der Waals surface area contributed by atoms with Crippen LogP contribution in [0.3, 0.4) is 0 Å². The van der Waals surface area contributed by atoms with Gasteiger partial charge in [0.25, 0.3) is 0 Å². The van der Waals surface area contributed by atoms with Crippen LogP contribution in [0, 0.1) is 5.92 Å². The third-order valence-electron chi connectivity index (χ3n) is 4.68. The minimum Gasteiger partial charge on any atom is -0.497 e. The maximum atomic E-state index is 12.8. The van der Waals surface area contributed by atoms with Crippen LogP contribution in [0.25, 0.3) is 5.57 Å². The van der Waals surface area contributed by atoms with Crippen LogP contribution in [-0.4, -0.2) is 32.6 Å². The van der Waals surface area contributed by atoms with Gasteiger partial charge >= 0.3 is 5.97 Å². The van der Waals surface area contributed by atoms with Gasteiger partial charge in [0.05, 0.1) is 27.1 Å². The molecule has 142 valence electrons. The molecule has 1 aromatic heterocycles. The Labute approximate surface area is 157 Å². The Kier molecular flexibility index (Phi) is 5.64. The summed E-state index contributed by atoms with van der Waals surface area (Å²) in [5.74, 6) is -0.375. The van der Waals surface area contributed by atoms with Crippen LogP contribution in [0.4, 0.5) is 0 Å². The molecule has 1 aliphatic rings. The summed E-state index contributed by atoms with van der Waals surface area (Å²) in [6.45, 7) is 1.93. The molecular weight excluding hydrogens is 348 g/mol. The number of hydrogen-bond acceptors (Lipinski definition) is 6. The molecule has 1 aliphatic carbocycles. The Morgan fingerprint density at radius 2 is 2.04 bits per heavy atom. The first kappa shape index (κ1) is 18.8. The van der Waals surface area contributed by atoms with E-state index < -0.39 is 17.8 Å². The Morgan fingerprint density at radius 1 is 1.22 bits per heavy atom. The fraction of sp³-hybridized carbons (Fsp3) is 0.333. The Balaban J connectivity index is 2.07. The van der Waals surface area contributed by atoms with Gasteiger partial charge in [-0.1, -0.05) is 6.07 Å².